The molecule has 8 heteroatoms. The number of alkyl halides is 5. The molecule has 108 valence electrons. The summed E-state index contributed by atoms with van der Waals surface area (Å²) in [6.45, 7) is 0. The van der Waals surface area contributed by atoms with Gasteiger partial charge in [-0.15, -0.1) is 0 Å². The van der Waals surface area contributed by atoms with Gasteiger partial charge in [-0.2, -0.15) is 13.2 Å². The standard InChI is InChI=1S/C12H7F5O3/c13-10(14)11(12(15,16)17)7(9(18)19)5-6-3-1-2-4-8(6)20-11/h1-5,10H,(H,18,19). The van der Waals surface area contributed by atoms with E-state index < -0.39 is 35.5 Å². The minimum atomic E-state index is -5.58. The quantitative estimate of drug-likeness (QED) is 0.852. The number of hydrogen-bond acceptors (Lipinski definition) is 2. The predicted octanol–water partition coefficient (Wildman–Crippen LogP) is 3.11. The second kappa shape index (κ2) is 4.46. The van der Waals surface area contributed by atoms with Crippen LogP contribution in [0.3, 0.4) is 0 Å². The van der Waals surface area contributed by atoms with Crippen LogP contribution in [0.2, 0.25) is 0 Å². The van der Waals surface area contributed by atoms with Gasteiger partial charge in [-0.3, -0.25) is 0 Å². The van der Waals surface area contributed by atoms with E-state index in [1.165, 1.54) is 18.2 Å². The van der Waals surface area contributed by atoms with Crippen LogP contribution in [-0.2, 0) is 4.79 Å². The van der Waals surface area contributed by atoms with Crippen LogP contribution in [0.25, 0.3) is 6.08 Å². The minimum Gasteiger partial charge on any atom is -0.478 e. The summed E-state index contributed by atoms with van der Waals surface area (Å²) in [7, 11) is 0. The molecular formula is C12H7F5O3. The maximum atomic E-state index is 13.0. The Hall–Kier alpha value is -2.12. The lowest BCUT2D eigenvalue weighted by Gasteiger charge is -2.38. The summed E-state index contributed by atoms with van der Waals surface area (Å²) in [4.78, 5) is 10.9. The van der Waals surface area contributed by atoms with Gasteiger partial charge in [-0.05, 0) is 12.1 Å². The number of fused-ring (bicyclic) bond motifs is 1. The molecule has 1 aromatic rings. The summed E-state index contributed by atoms with van der Waals surface area (Å²) < 4.78 is 69.6. The number of carboxylic acids is 1. The van der Waals surface area contributed by atoms with Crippen molar-refractivity contribution in [3.05, 3.63) is 35.4 Å². The first kappa shape index (κ1) is 14.3. The van der Waals surface area contributed by atoms with Gasteiger partial charge in [-0.1, -0.05) is 18.2 Å². The Morgan fingerprint density at radius 2 is 1.85 bits per heavy atom. The number of ether oxygens (including phenoxy) is 1. The van der Waals surface area contributed by atoms with Crippen molar-refractivity contribution in [2.24, 2.45) is 0 Å². The molecule has 0 spiro atoms. The average molecular weight is 294 g/mol. The van der Waals surface area contributed by atoms with Gasteiger partial charge in [0.1, 0.15) is 5.75 Å². The zero-order chi connectivity index (χ0) is 15.1. The summed E-state index contributed by atoms with van der Waals surface area (Å²) >= 11 is 0. The first-order chi connectivity index (χ1) is 9.20. The van der Waals surface area contributed by atoms with E-state index in [2.05, 4.69) is 4.74 Å². The molecule has 1 unspecified atom stereocenters. The Morgan fingerprint density at radius 1 is 1.25 bits per heavy atom. The van der Waals surface area contributed by atoms with E-state index >= 15 is 0 Å². The summed E-state index contributed by atoms with van der Waals surface area (Å²) in [6.07, 6.45) is -9.11. The lowest BCUT2D eigenvalue weighted by molar-refractivity contribution is -0.271. The van der Waals surface area contributed by atoms with Crippen molar-refractivity contribution in [2.75, 3.05) is 0 Å². The number of carboxylic acid groups (broad SMARTS) is 1. The number of carbonyl (C=O) groups is 1. The molecule has 3 nitrogen and oxygen atoms in total. The van der Waals surface area contributed by atoms with E-state index in [4.69, 9.17) is 5.11 Å². The smallest absolute Gasteiger partial charge is 0.438 e. The van der Waals surface area contributed by atoms with E-state index in [1.54, 1.807) is 0 Å². The van der Waals surface area contributed by atoms with Gasteiger partial charge in [0.15, 0.2) is 0 Å². The van der Waals surface area contributed by atoms with E-state index in [0.29, 0.717) is 6.08 Å². The highest BCUT2D eigenvalue weighted by Gasteiger charge is 2.69. The van der Waals surface area contributed by atoms with Gasteiger partial charge in [0.05, 0.1) is 5.57 Å². The van der Waals surface area contributed by atoms with Gasteiger partial charge in [0, 0.05) is 5.56 Å². The van der Waals surface area contributed by atoms with Gasteiger partial charge in [-0.25, -0.2) is 13.6 Å². The molecule has 0 radical (unpaired) electrons. The molecule has 1 aliphatic rings. The Balaban J connectivity index is 2.73. The van der Waals surface area contributed by atoms with Crippen LogP contribution < -0.4 is 4.74 Å². The van der Waals surface area contributed by atoms with Crippen molar-refractivity contribution in [3.63, 3.8) is 0 Å². The Morgan fingerprint density at radius 3 is 2.35 bits per heavy atom. The van der Waals surface area contributed by atoms with Gasteiger partial charge in [0.2, 0.25) is 0 Å². The molecule has 0 amide bonds. The topological polar surface area (TPSA) is 46.5 Å². The van der Waals surface area contributed by atoms with Crippen molar-refractivity contribution >= 4 is 12.0 Å². The second-order valence-corrected chi connectivity index (χ2v) is 4.04. The van der Waals surface area contributed by atoms with Gasteiger partial charge >= 0.3 is 12.1 Å². The van der Waals surface area contributed by atoms with E-state index in [-0.39, 0.29) is 5.56 Å². The number of hydrogen-bond donors (Lipinski definition) is 1. The first-order valence-electron chi connectivity index (χ1n) is 5.28. The monoisotopic (exact) mass is 294 g/mol. The van der Waals surface area contributed by atoms with Crippen molar-refractivity contribution in [1.82, 2.24) is 0 Å². The second-order valence-electron chi connectivity index (χ2n) is 4.04. The molecule has 0 fully saturated rings. The lowest BCUT2D eigenvalue weighted by Crippen LogP contribution is -2.59. The molecule has 0 saturated heterocycles. The predicted molar refractivity (Wildman–Crippen MR) is 57.5 cm³/mol. The van der Waals surface area contributed by atoms with Crippen LogP contribution in [0.5, 0.6) is 5.75 Å². The molecule has 0 bridgehead atoms. The molecule has 0 saturated carbocycles. The third-order valence-electron chi connectivity index (χ3n) is 2.85. The number of rotatable bonds is 2. The number of para-hydroxylation sites is 1. The van der Waals surface area contributed by atoms with Crippen LogP contribution in [-0.4, -0.2) is 29.3 Å². The fourth-order valence-electron chi connectivity index (χ4n) is 1.90. The molecule has 1 aliphatic heterocycles. The zero-order valence-electron chi connectivity index (χ0n) is 9.62. The molecule has 0 aromatic heterocycles. The van der Waals surface area contributed by atoms with Crippen molar-refractivity contribution in [2.45, 2.75) is 18.2 Å². The van der Waals surface area contributed by atoms with Crippen LogP contribution in [0, 0.1) is 0 Å². The summed E-state index contributed by atoms with van der Waals surface area (Å²) in [5, 5.41) is 8.83. The molecule has 1 aromatic carbocycles. The average Bonchev–Trinajstić information content (AvgIpc) is 2.35. The maximum Gasteiger partial charge on any atom is 0.438 e. The van der Waals surface area contributed by atoms with Crippen molar-refractivity contribution in [1.29, 1.82) is 0 Å². The Kier molecular flexibility index (Phi) is 3.19. The fourth-order valence-corrected chi connectivity index (χ4v) is 1.90. The third kappa shape index (κ3) is 1.91. The van der Waals surface area contributed by atoms with E-state index in [9.17, 15) is 26.7 Å². The normalized spacial score (nSPS) is 22.0. The largest absolute Gasteiger partial charge is 0.478 e. The van der Waals surface area contributed by atoms with Crippen LogP contribution in [0.1, 0.15) is 5.56 Å². The van der Waals surface area contributed by atoms with E-state index in [1.807, 2.05) is 0 Å². The molecule has 0 aliphatic carbocycles. The lowest BCUT2D eigenvalue weighted by atomic mass is 9.88. The highest BCUT2D eigenvalue weighted by atomic mass is 19.4. The molecular weight excluding hydrogens is 287 g/mol. The van der Waals surface area contributed by atoms with Crippen LogP contribution in [0.4, 0.5) is 22.0 Å². The summed E-state index contributed by atoms with van der Waals surface area (Å²) in [5.41, 5.74) is -5.73. The minimum absolute atomic E-state index is 0.00887. The highest BCUT2D eigenvalue weighted by Crippen LogP contribution is 2.48. The molecule has 1 heterocycles. The van der Waals surface area contributed by atoms with Crippen LogP contribution >= 0.6 is 0 Å². The number of benzene rings is 1. The summed E-state index contributed by atoms with van der Waals surface area (Å²) in [5.74, 6) is -2.56. The Labute approximate surface area is 109 Å². The molecule has 1 atom stereocenters. The maximum absolute atomic E-state index is 13.0. The van der Waals surface area contributed by atoms with Crippen molar-refractivity contribution in [3.8, 4) is 5.75 Å². The molecule has 20 heavy (non-hydrogen) atoms. The highest BCUT2D eigenvalue weighted by molar-refractivity contribution is 5.96. The van der Waals surface area contributed by atoms with Gasteiger partial charge < -0.3 is 9.84 Å². The van der Waals surface area contributed by atoms with Crippen LogP contribution in [0.15, 0.2) is 29.8 Å². The SMILES string of the molecule is O=C(O)C1=Cc2ccccc2OC1(C(F)F)C(F)(F)F. The Bertz CT molecular complexity index is 579. The van der Waals surface area contributed by atoms with Crippen molar-refractivity contribution < 1.29 is 36.6 Å². The third-order valence-corrected chi connectivity index (χ3v) is 2.85. The number of aliphatic carboxylic acids is 1. The zero-order valence-corrected chi connectivity index (χ0v) is 9.62. The summed E-state index contributed by atoms with van der Waals surface area (Å²) in [6, 6.07) is 5.05. The van der Waals surface area contributed by atoms with E-state index in [0.717, 1.165) is 6.07 Å². The fraction of sp³-hybridized carbons (Fsp3) is 0.250. The first-order valence-corrected chi connectivity index (χ1v) is 5.28. The number of halogens is 5. The molecule has 2 rings (SSSR count). The molecule has 1 N–H and O–H groups in total. The van der Waals surface area contributed by atoms with Gasteiger partial charge in [0.25, 0.3) is 12.0 Å².